The fourth-order valence-electron chi connectivity index (χ4n) is 2.17. The van der Waals surface area contributed by atoms with E-state index < -0.39 is 0 Å². The minimum Gasteiger partial charge on any atom is -0.312 e. The van der Waals surface area contributed by atoms with Crippen LogP contribution in [0.5, 0.6) is 0 Å². The average molecular weight is 307 g/mol. The van der Waals surface area contributed by atoms with Gasteiger partial charge in [-0.25, -0.2) is 4.98 Å². The van der Waals surface area contributed by atoms with E-state index in [9.17, 15) is 0 Å². The van der Waals surface area contributed by atoms with Gasteiger partial charge in [0.05, 0.1) is 0 Å². The van der Waals surface area contributed by atoms with Crippen LogP contribution in [0.2, 0.25) is 0 Å². The Kier molecular flexibility index (Phi) is 6.01. The molecule has 0 saturated carbocycles. The summed E-state index contributed by atoms with van der Waals surface area (Å²) in [6.45, 7) is 4.32. The number of aryl methyl sites for hydroxylation is 1. The van der Waals surface area contributed by atoms with Crippen molar-refractivity contribution >= 4 is 23.3 Å². The third-order valence-corrected chi connectivity index (χ3v) is 5.52. The molecule has 1 N–H and O–H groups in total. The lowest BCUT2D eigenvalue weighted by Gasteiger charge is -2.25. The topological polar surface area (TPSA) is 37.8 Å². The van der Waals surface area contributed by atoms with Gasteiger partial charge in [0, 0.05) is 17.7 Å². The average Bonchev–Trinajstić information content (AvgIpc) is 2.96. The SMILES string of the molecule is CCc1nsc(SC(CC)C(NC)c2ccccc2)n1. The number of hydrogen-bond donors (Lipinski definition) is 1. The zero-order chi connectivity index (χ0) is 14.4. The van der Waals surface area contributed by atoms with Gasteiger partial charge in [0.25, 0.3) is 0 Å². The monoisotopic (exact) mass is 307 g/mol. The van der Waals surface area contributed by atoms with Crippen molar-refractivity contribution in [2.75, 3.05) is 7.05 Å². The predicted molar refractivity (Wildman–Crippen MR) is 87.5 cm³/mol. The lowest BCUT2D eigenvalue weighted by molar-refractivity contribution is 0.555. The van der Waals surface area contributed by atoms with Crippen molar-refractivity contribution in [3.8, 4) is 0 Å². The molecule has 5 heteroatoms. The fraction of sp³-hybridized carbons (Fsp3) is 0.467. The van der Waals surface area contributed by atoms with Gasteiger partial charge in [-0.3, -0.25) is 0 Å². The van der Waals surface area contributed by atoms with Crippen LogP contribution in [0.15, 0.2) is 34.7 Å². The molecule has 1 aromatic carbocycles. The third kappa shape index (κ3) is 3.81. The minimum atomic E-state index is 0.333. The number of rotatable bonds is 7. The molecule has 1 aromatic heterocycles. The van der Waals surface area contributed by atoms with Crippen molar-refractivity contribution in [1.82, 2.24) is 14.7 Å². The summed E-state index contributed by atoms with van der Waals surface area (Å²) in [5, 5.41) is 3.90. The molecule has 20 heavy (non-hydrogen) atoms. The Morgan fingerprint density at radius 1 is 1.25 bits per heavy atom. The zero-order valence-corrected chi connectivity index (χ0v) is 13.8. The second kappa shape index (κ2) is 7.76. The zero-order valence-electron chi connectivity index (χ0n) is 12.2. The summed E-state index contributed by atoms with van der Waals surface area (Å²) in [7, 11) is 2.03. The van der Waals surface area contributed by atoms with E-state index in [0.717, 1.165) is 23.0 Å². The van der Waals surface area contributed by atoms with Gasteiger partial charge in [-0.1, -0.05) is 55.9 Å². The molecule has 2 rings (SSSR count). The van der Waals surface area contributed by atoms with Crippen molar-refractivity contribution in [3.63, 3.8) is 0 Å². The smallest absolute Gasteiger partial charge is 0.170 e. The first kappa shape index (κ1) is 15.5. The molecule has 2 aromatic rings. The van der Waals surface area contributed by atoms with Crippen LogP contribution in [0, 0.1) is 0 Å². The number of thioether (sulfide) groups is 1. The van der Waals surface area contributed by atoms with Gasteiger partial charge in [0.2, 0.25) is 0 Å². The third-order valence-electron chi connectivity index (χ3n) is 3.26. The molecule has 1 heterocycles. The summed E-state index contributed by atoms with van der Waals surface area (Å²) in [6.07, 6.45) is 1.99. The molecular weight excluding hydrogens is 286 g/mol. The van der Waals surface area contributed by atoms with E-state index in [1.807, 2.05) is 18.8 Å². The standard InChI is InChI=1S/C15H21N3S2/c1-4-12(19-15-17-13(5-2)18-20-15)14(16-3)11-9-7-6-8-10-11/h6-10,12,14,16H,4-5H2,1-3H3. The van der Waals surface area contributed by atoms with Crippen molar-refractivity contribution in [2.45, 2.75) is 42.3 Å². The molecule has 0 radical (unpaired) electrons. The molecular formula is C15H21N3S2. The first-order valence-electron chi connectivity index (χ1n) is 6.99. The van der Waals surface area contributed by atoms with Gasteiger partial charge in [0.15, 0.2) is 4.34 Å². The lowest BCUT2D eigenvalue weighted by atomic mass is 10.0. The Morgan fingerprint density at radius 3 is 2.55 bits per heavy atom. The number of nitrogens with one attached hydrogen (secondary N) is 1. The summed E-state index contributed by atoms with van der Waals surface area (Å²) >= 11 is 3.35. The predicted octanol–water partition coefficient (Wildman–Crippen LogP) is 3.93. The largest absolute Gasteiger partial charge is 0.312 e. The Morgan fingerprint density at radius 2 is 2.00 bits per heavy atom. The highest BCUT2D eigenvalue weighted by atomic mass is 32.2. The highest BCUT2D eigenvalue weighted by molar-refractivity contribution is 8.01. The highest BCUT2D eigenvalue weighted by Gasteiger charge is 2.22. The van der Waals surface area contributed by atoms with Crippen LogP contribution in [0.25, 0.3) is 0 Å². The van der Waals surface area contributed by atoms with E-state index in [1.54, 1.807) is 0 Å². The first-order valence-corrected chi connectivity index (χ1v) is 8.65. The van der Waals surface area contributed by atoms with Gasteiger partial charge < -0.3 is 5.32 Å². The van der Waals surface area contributed by atoms with Crippen LogP contribution in [-0.4, -0.2) is 21.7 Å². The second-order valence-electron chi connectivity index (χ2n) is 4.57. The molecule has 0 fully saturated rings. The Balaban J connectivity index is 2.13. The summed E-state index contributed by atoms with van der Waals surface area (Å²) < 4.78 is 5.44. The molecule has 2 atom stereocenters. The number of aromatic nitrogens is 2. The van der Waals surface area contributed by atoms with Gasteiger partial charge >= 0.3 is 0 Å². The van der Waals surface area contributed by atoms with Gasteiger partial charge in [0.1, 0.15) is 5.82 Å². The van der Waals surface area contributed by atoms with Crippen molar-refractivity contribution in [1.29, 1.82) is 0 Å². The quantitative estimate of drug-likeness (QED) is 0.787. The summed E-state index contributed by atoms with van der Waals surface area (Å²) in [4.78, 5) is 4.57. The van der Waals surface area contributed by atoms with E-state index in [2.05, 4.69) is 58.9 Å². The maximum absolute atomic E-state index is 4.57. The minimum absolute atomic E-state index is 0.333. The maximum atomic E-state index is 4.57. The molecule has 0 aliphatic rings. The van der Waals surface area contributed by atoms with Crippen LogP contribution >= 0.6 is 23.3 Å². The molecule has 3 nitrogen and oxygen atoms in total. The lowest BCUT2D eigenvalue weighted by Crippen LogP contribution is -2.26. The second-order valence-corrected chi connectivity index (χ2v) is 6.81. The number of benzene rings is 1. The molecule has 2 unspecified atom stereocenters. The number of hydrogen-bond acceptors (Lipinski definition) is 5. The molecule has 0 aliphatic heterocycles. The van der Waals surface area contributed by atoms with Crippen LogP contribution in [0.3, 0.4) is 0 Å². The molecule has 0 aliphatic carbocycles. The van der Waals surface area contributed by atoms with Crippen LogP contribution in [-0.2, 0) is 6.42 Å². The Hall–Kier alpha value is -0.910. The van der Waals surface area contributed by atoms with E-state index >= 15 is 0 Å². The van der Waals surface area contributed by atoms with Gasteiger partial charge in [-0.05, 0) is 30.6 Å². The fourth-order valence-corrected chi connectivity index (χ4v) is 4.34. The van der Waals surface area contributed by atoms with Crippen LogP contribution < -0.4 is 5.32 Å². The van der Waals surface area contributed by atoms with Gasteiger partial charge in [-0.2, -0.15) is 4.37 Å². The summed E-state index contributed by atoms with van der Waals surface area (Å²) in [5.41, 5.74) is 1.33. The Bertz CT molecular complexity index is 513. The van der Waals surface area contributed by atoms with E-state index in [1.165, 1.54) is 17.1 Å². The van der Waals surface area contributed by atoms with Crippen molar-refractivity contribution in [2.24, 2.45) is 0 Å². The van der Waals surface area contributed by atoms with Crippen LogP contribution in [0.1, 0.15) is 37.7 Å². The first-order chi connectivity index (χ1) is 9.78. The van der Waals surface area contributed by atoms with Crippen LogP contribution in [0.4, 0.5) is 0 Å². The molecule has 0 saturated heterocycles. The molecule has 0 amide bonds. The normalized spacial score (nSPS) is 14.2. The Labute approximate surface area is 129 Å². The molecule has 0 bridgehead atoms. The highest BCUT2D eigenvalue weighted by Crippen LogP contribution is 2.34. The summed E-state index contributed by atoms with van der Waals surface area (Å²) in [5.74, 6) is 0.952. The van der Waals surface area contributed by atoms with Gasteiger partial charge in [-0.15, -0.1) is 0 Å². The van der Waals surface area contributed by atoms with Crippen molar-refractivity contribution < 1.29 is 0 Å². The number of nitrogens with zero attached hydrogens (tertiary/aromatic N) is 2. The van der Waals surface area contributed by atoms with E-state index in [-0.39, 0.29) is 0 Å². The summed E-state index contributed by atoms with van der Waals surface area (Å²) in [6, 6.07) is 10.9. The molecule has 108 valence electrons. The van der Waals surface area contributed by atoms with Crippen molar-refractivity contribution in [3.05, 3.63) is 41.7 Å². The van der Waals surface area contributed by atoms with E-state index in [0.29, 0.717) is 11.3 Å². The van der Waals surface area contributed by atoms with E-state index in [4.69, 9.17) is 0 Å². The molecule has 0 spiro atoms. The maximum Gasteiger partial charge on any atom is 0.170 e.